The average Bonchev–Trinajstić information content (AvgIpc) is 2.46. The van der Waals surface area contributed by atoms with Crippen LogP contribution in [0.15, 0.2) is 18.0 Å². The predicted molar refractivity (Wildman–Crippen MR) is 55.7 cm³/mol. The topological polar surface area (TPSA) is 55.1 Å². The smallest absolute Gasteiger partial charge is 0.210 e. The standard InChI is InChI=1S/C11H14N2O2/c1-11(2)4-7-5-12-13(3)9(7)10(15)8(11)6-14/h5-6,14H,4H2,1-3H3. The molecule has 0 fully saturated rings. The van der Waals surface area contributed by atoms with Crippen LogP contribution in [-0.4, -0.2) is 20.7 Å². The third kappa shape index (κ3) is 1.28. The molecule has 2 rings (SSSR count). The third-order valence-electron chi connectivity index (χ3n) is 2.96. The normalized spacial score (nSPS) is 21.8. The van der Waals surface area contributed by atoms with Crippen LogP contribution < -0.4 is 0 Å². The second kappa shape index (κ2) is 2.95. The fourth-order valence-electron chi connectivity index (χ4n) is 2.14. The zero-order chi connectivity index (χ0) is 11.2. The molecule has 4 heteroatoms. The van der Waals surface area contributed by atoms with Crippen LogP contribution >= 0.6 is 0 Å². The van der Waals surface area contributed by atoms with Crippen LogP contribution in [0.3, 0.4) is 0 Å². The lowest BCUT2D eigenvalue weighted by Crippen LogP contribution is -2.31. The van der Waals surface area contributed by atoms with Crippen molar-refractivity contribution in [1.29, 1.82) is 0 Å². The summed E-state index contributed by atoms with van der Waals surface area (Å²) in [6.45, 7) is 3.89. The second-order valence-electron chi connectivity index (χ2n) is 4.57. The SMILES string of the molecule is Cn1ncc2c1C(=O)C(=CO)C(C)(C)C2. The van der Waals surface area contributed by atoms with Crippen molar-refractivity contribution >= 4 is 5.78 Å². The molecule has 0 aliphatic heterocycles. The Kier molecular flexibility index (Phi) is 1.96. The molecule has 1 aliphatic rings. The van der Waals surface area contributed by atoms with Crippen molar-refractivity contribution in [3.05, 3.63) is 29.3 Å². The molecule has 1 aromatic rings. The van der Waals surface area contributed by atoms with Gasteiger partial charge >= 0.3 is 0 Å². The lowest BCUT2D eigenvalue weighted by Gasteiger charge is -2.30. The first-order valence-corrected chi connectivity index (χ1v) is 4.88. The third-order valence-corrected chi connectivity index (χ3v) is 2.96. The minimum Gasteiger partial charge on any atom is -0.515 e. The van der Waals surface area contributed by atoms with Gasteiger partial charge in [0.25, 0.3) is 0 Å². The van der Waals surface area contributed by atoms with Gasteiger partial charge in [-0.05, 0) is 6.42 Å². The highest BCUT2D eigenvalue weighted by molar-refractivity contribution is 6.10. The lowest BCUT2D eigenvalue weighted by molar-refractivity contribution is 0.0981. The zero-order valence-corrected chi connectivity index (χ0v) is 9.11. The number of nitrogens with zero attached hydrogens (tertiary/aromatic N) is 2. The summed E-state index contributed by atoms with van der Waals surface area (Å²) in [6, 6.07) is 0. The van der Waals surface area contributed by atoms with Gasteiger partial charge in [-0.2, -0.15) is 5.10 Å². The Balaban J connectivity index is 2.63. The maximum Gasteiger partial charge on any atom is 0.210 e. The highest BCUT2D eigenvalue weighted by atomic mass is 16.2. The molecule has 0 radical (unpaired) electrons. The van der Waals surface area contributed by atoms with E-state index in [4.69, 9.17) is 5.11 Å². The van der Waals surface area contributed by atoms with Gasteiger partial charge in [-0.15, -0.1) is 0 Å². The van der Waals surface area contributed by atoms with Crippen LogP contribution in [0.2, 0.25) is 0 Å². The number of carbonyl (C=O) groups is 1. The number of aryl methyl sites for hydroxylation is 1. The van der Waals surface area contributed by atoms with Gasteiger partial charge in [0.05, 0.1) is 12.5 Å². The van der Waals surface area contributed by atoms with E-state index in [0.717, 1.165) is 18.2 Å². The maximum atomic E-state index is 12.1. The number of ketones is 1. The molecule has 0 aromatic carbocycles. The van der Waals surface area contributed by atoms with E-state index < -0.39 is 0 Å². The number of aliphatic hydroxyl groups is 1. The number of Topliss-reactive ketones (excluding diaryl/α,β-unsaturated/α-hetero) is 1. The van der Waals surface area contributed by atoms with Crippen molar-refractivity contribution < 1.29 is 9.90 Å². The molecule has 0 unspecified atom stereocenters. The number of aliphatic hydroxyl groups excluding tert-OH is 1. The summed E-state index contributed by atoms with van der Waals surface area (Å²) in [7, 11) is 1.74. The fraction of sp³-hybridized carbons (Fsp3) is 0.455. The van der Waals surface area contributed by atoms with Crippen molar-refractivity contribution in [2.75, 3.05) is 0 Å². The molecule has 80 valence electrons. The fourth-order valence-corrected chi connectivity index (χ4v) is 2.14. The van der Waals surface area contributed by atoms with Gasteiger partial charge in [0.1, 0.15) is 5.69 Å². The molecule has 1 aliphatic carbocycles. The summed E-state index contributed by atoms with van der Waals surface area (Å²) in [5.74, 6) is -0.122. The van der Waals surface area contributed by atoms with Gasteiger partial charge in [-0.25, -0.2) is 0 Å². The molecule has 0 saturated carbocycles. The molecular weight excluding hydrogens is 192 g/mol. The van der Waals surface area contributed by atoms with Crippen LogP contribution in [-0.2, 0) is 13.5 Å². The Bertz CT molecular complexity index is 455. The first kappa shape index (κ1) is 9.96. The molecule has 15 heavy (non-hydrogen) atoms. The van der Waals surface area contributed by atoms with Crippen molar-refractivity contribution in [3.63, 3.8) is 0 Å². The van der Waals surface area contributed by atoms with E-state index in [0.29, 0.717) is 11.3 Å². The van der Waals surface area contributed by atoms with Crippen LogP contribution in [0.5, 0.6) is 0 Å². The molecule has 0 spiro atoms. The quantitative estimate of drug-likeness (QED) is 0.518. The molecule has 0 bridgehead atoms. The number of allylic oxidation sites excluding steroid dienone is 1. The highest BCUT2D eigenvalue weighted by Crippen LogP contribution is 2.38. The van der Waals surface area contributed by atoms with Crippen LogP contribution in [0.4, 0.5) is 0 Å². The molecular formula is C11H14N2O2. The van der Waals surface area contributed by atoms with Gasteiger partial charge in [-0.3, -0.25) is 9.48 Å². The number of hydrogen-bond acceptors (Lipinski definition) is 3. The Labute approximate surface area is 88.2 Å². The summed E-state index contributed by atoms with van der Waals surface area (Å²) >= 11 is 0. The first-order valence-electron chi connectivity index (χ1n) is 4.88. The monoisotopic (exact) mass is 206 g/mol. The van der Waals surface area contributed by atoms with E-state index in [2.05, 4.69) is 5.10 Å². The highest BCUT2D eigenvalue weighted by Gasteiger charge is 2.38. The van der Waals surface area contributed by atoms with Gasteiger partial charge in [0, 0.05) is 23.6 Å². The largest absolute Gasteiger partial charge is 0.515 e. The molecule has 1 aromatic heterocycles. The number of fused-ring (bicyclic) bond motifs is 1. The molecule has 0 saturated heterocycles. The predicted octanol–water partition coefficient (Wildman–Crippen LogP) is 1.63. The Hall–Kier alpha value is -1.58. The summed E-state index contributed by atoms with van der Waals surface area (Å²) < 4.78 is 1.57. The van der Waals surface area contributed by atoms with Crippen LogP contribution in [0.1, 0.15) is 29.9 Å². The maximum absolute atomic E-state index is 12.1. The minimum absolute atomic E-state index is 0.122. The van der Waals surface area contributed by atoms with Gasteiger partial charge < -0.3 is 5.11 Å². The number of aromatic nitrogens is 2. The van der Waals surface area contributed by atoms with E-state index in [-0.39, 0.29) is 11.2 Å². The summed E-state index contributed by atoms with van der Waals surface area (Å²) in [4.78, 5) is 12.1. The summed E-state index contributed by atoms with van der Waals surface area (Å²) in [5, 5.41) is 13.2. The molecule has 1 N–H and O–H groups in total. The van der Waals surface area contributed by atoms with Gasteiger partial charge in [0.2, 0.25) is 5.78 Å². The molecule has 0 amide bonds. The van der Waals surface area contributed by atoms with Gasteiger partial charge in [0.15, 0.2) is 0 Å². The van der Waals surface area contributed by atoms with Crippen molar-refractivity contribution in [2.24, 2.45) is 12.5 Å². The van der Waals surface area contributed by atoms with Crippen molar-refractivity contribution in [1.82, 2.24) is 9.78 Å². The van der Waals surface area contributed by atoms with E-state index >= 15 is 0 Å². The van der Waals surface area contributed by atoms with Gasteiger partial charge in [-0.1, -0.05) is 13.8 Å². The number of rotatable bonds is 0. The van der Waals surface area contributed by atoms with Crippen molar-refractivity contribution in [3.8, 4) is 0 Å². The Morgan fingerprint density at radius 3 is 2.87 bits per heavy atom. The van der Waals surface area contributed by atoms with Crippen LogP contribution in [0, 0.1) is 5.41 Å². The molecule has 1 heterocycles. The lowest BCUT2D eigenvalue weighted by atomic mass is 9.72. The van der Waals surface area contributed by atoms with E-state index in [1.165, 1.54) is 0 Å². The Morgan fingerprint density at radius 1 is 1.60 bits per heavy atom. The van der Waals surface area contributed by atoms with Crippen LogP contribution in [0.25, 0.3) is 0 Å². The van der Waals surface area contributed by atoms with E-state index in [1.54, 1.807) is 17.9 Å². The summed E-state index contributed by atoms with van der Waals surface area (Å²) in [6.07, 6.45) is 3.38. The minimum atomic E-state index is -0.318. The zero-order valence-electron chi connectivity index (χ0n) is 9.11. The summed E-state index contributed by atoms with van der Waals surface area (Å²) in [5.41, 5.74) is 1.69. The molecule has 4 nitrogen and oxygen atoms in total. The van der Waals surface area contributed by atoms with Crippen molar-refractivity contribution in [2.45, 2.75) is 20.3 Å². The van der Waals surface area contributed by atoms with E-state index in [1.807, 2.05) is 13.8 Å². The second-order valence-corrected chi connectivity index (χ2v) is 4.57. The number of hydrogen-bond donors (Lipinski definition) is 1. The van der Waals surface area contributed by atoms with E-state index in [9.17, 15) is 4.79 Å². The number of carbonyl (C=O) groups excluding carboxylic acids is 1. The first-order chi connectivity index (χ1) is 6.97. The molecule has 0 atom stereocenters. The average molecular weight is 206 g/mol. The Morgan fingerprint density at radius 2 is 2.27 bits per heavy atom.